The largest absolute Gasteiger partial charge is 0.477 e. The first-order chi connectivity index (χ1) is 16.2. The van der Waals surface area contributed by atoms with Gasteiger partial charge in [-0.1, -0.05) is 30.3 Å². The van der Waals surface area contributed by atoms with Crippen LogP contribution < -0.4 is 4.74 Å². The molecule has 0 unspecified atom stereocenters. The lowest BCUT2D eigenvalue weighted by atomic mass is 10.0. The topological polar surface area (TPSA) is 60.3 Å². The van der Waals surface area contributed by atoms with Gasteiger partial charge in [0.15, 0.2) is 0 Å². The predicted octanol–water partition coefficient (Wildman–Crippen LogP) is 5.18. The van der Waals surface area contributed by atoms with Gasteiger partial charge in [0, 0.05) is 36.2 Å². The standard InChI is InChI=1S/C26H26N4O2S/c1-3-30-24(18-8-6-5-7-9-18)20(23-25(30)27-17-28-26(23)32-4-2)10-11-22(31)29-14-12-21-19(16-29)13-15-33-21/h5-11,13,15,17H,3-4,12,14,16H2,1-2H3/b11-10+. The van der Waals surface area contributed by atoms with Crippen LogP contribution >= 0.6 is 11.3 Å². The number of amides is 1. The van der Waals surface area contributed by atoms with Crippen LogP contribution in [0.5, 0.6) is 5.88 Å². The van der Waals surface area contributed by atoms with E-state index in [4.69, 9.17) is 4.74 Å². The Morgan fingerprint density at radius 3 is 2.82 bits per heavy atom. The second-order valence-electron chi connectivity index (χ2n) is 7.90. The number of rotatable bonds is 6. The monoisotopic (exact) mass is 458 g/mol. The van der Waals surface area contributed by atoms with Gasteiger partial charge in [0.05, 0.1) is 17.7 Å². The summed E-state index contributed by atoms with van der Waals surface area (Å²) in [6.45, 7) is 6.68. The average molecular weight is 459 g/mol. The summed E-state index contributed by atoms with van der Waals surface area (Å²) in [5, 5.41) is 2.94. The Morgan fingerprint density at radius 2 is 2.03 bits per heavy atom. The third kappa shape index (κ3) is 3.93. The molecule has 1 aromatic carbocycles. The van der Waals surface area contributed by atoms with E-state index in [9.17, 15) is 4.79 Å². The third-order valence-corrected chi connectivity index (χ3v) is 7.02. The van der Waals surface area contributed by atoms with Crippen LogP contribution in [0.4, 0.5) is 0 Å². The molecular formula is C26H26N4O2S. The van der Waals surface area contributed by atoms with Gasteiger partial charge in [-0.05, 0) is 48.9 Å². The Labute approximate surface area is 197 Å². The van der Waals surface area contributed by atoms with Crippen molar-refractivity contribution in [3.05, 3.63) is 70.2 Å². The Hall–Kier alpha value is -3.45. The zero-order valence-corrected chi connectivity index (χ0v) is 19.6. The van der Waals surface area contributed by atoms with Crippen LogP contribution in [0.2, 0.25) is 0 Å². The summed E-state index contributed by atoms with van der Waals surface area (Å²) in [6.07, 6.45) is 6.05. The quantitative estimate of drug-likeness (QED) is 0.374. The van der Waals surface area contributed by atoms with Gasteiger partial charge in [-0.15, -0.1) is 11.3 Å². The molecule has 168 valence electrons. The number of hydrogen-bond acceptors (Lipinski definition) is 5. The average Bonchev–Trinajstić information content (AvgIpc) is 3.45. The normalized spacial score (nSPS) is 13.6. The van der Waals surface area contributed by atoms with Gasteiger partial charge in [0.2, 0.25) is 11.8 Å². The third-order valence-electron chi connectivity index (χ3n) is 6.00. The molecule has 0 saturated carbocycles. The van der Waals surface area contributed by atoms with Crippen LogP contribution in [0.15, 0.2) is 54.2 Å². The zero-order chi connectivity index (χ0) is 22.8. The van der Waals surface area contributed by atoms with E-state index in [0.717, 1.165) is 47.4 Å². The Kier molecular flexibility index (Phi) is 5.96. The highest BCUT2D eigenvalue weighted by atomic mass is 32.1. The molecule has 1 aliphatic rings. The van der Waals surface area contributed by atoms with Gasteiger partial charge >= 0.3 is 0 Å². The zero-order valence-electron chi connectivity index (χ0n) is 18.8. The lowest BCUT2D eigenvalue weighted by Crippen LogP contribution is -2.34. The Bertz CT molecular complexity index is 1320. The van der Waals surface area contributed by atoms with Crippen molar-refractivity contribution in [1.29, 1.82) is 0 Å². The smallest absolute Gasteiger partial charge is 0.246 e. The number of carbonyl (C=O) groups excluding carboxylic acids is 1. The molecule has 0 aliphatic carbocycles. The molecule has 0 atom stereocenters. The molecule has 5 rings (SSSR count). The lowest BCUT2D eigenvalue weighted by Gasteiger charge is -2.25. The van der Waals surface area contributed by atoms with E-state index in [2.05, 4.69) is 45.0 Å². The highest BCUT2D eigenvalue weighted by molar-refractivity contribution is 7.10. The summed E-state index contributed by atoms with van der Waals surface area (Å²) >= 11 is 1.78. The number of ether oxygens (including phenoxy) is 1. The highest BCUT2D eigenvalue weighted by Gasteiger charge is 2.23. The fourth-order valence-electron chi connectivity index (χ4n) is 4.49. The van der Waals surface area contributed by atoms with Gasteiger partial charge in [0.25, 0.3) is 0 Å². The summed E-state index contributed by atoms with van der Waals surface area (Å²) in [4.78, 5) is 25.4. The molecule has 4 aromatic rings. The number of thiophene rings is 1. The molecule has 0 N–H and O–H groups in total. The van der Waals surface area contributed by atoms with Gasteiger partial charge in [-0.25, -0.2) is 9.97 Å². The first-order valence-electron chi connectivity index (χ1n) is 11.3. The van der Waals surface area contributed by atoms with E-state index >= 15 is 0 Å². The van der Waals surface area contributed by atoms with Crippen LogP contribution in [0.1, 0.15) is 29.9 Å². The van der Waals surface area contributed by atoms with Crippen LogP contribution in [0, 0.1) is 0 Å². The minimum absolute atomic E-state index is 0.0121. The van der Waals surface area contributed by atoms with E-state index in [1.807, 2.05) is 36.1 Å². The second kappa shape index (κ2) is 9.19. The van der Waals surface area contributed by atoms with Crippen molar-refractivity contribution in [2.75, 3.05) is 13.2 Å². The van der Waals surface area contributed by atoms with E-state index in [1.54, 1.807) is 23.7 Å². The molecule has 1 amide bonds. The Balaban J connectivity index is 1.61. The molecule has 0 saturated heterocycles. The fourth-order valence-corrected chi connectivity index (χ4v) is 5.38. The maximum atomic E-state index is 13.1. The summed E-state index contributed by atoms with van der Waals surface area (Å²) in [5.74, 6) is 0.554. The maximum Gasteiger partial charge on any atom is 0.246 e. The molecular weight excluding hydrogens is 432 g/mol. The molecule has 6 nitrogen and oxygen atoms in total. The van der Waals surface area contributed by atoms with Crippen molar-refractivity contribution in [3.8, 4) is 17.1 Å². The summed E-state index contributed by atoms with van der Waals surface area (Å²) in [6, 6.07) is 12.3. The number of carbonyl (C=O) groups is 1. The molecule has 7 heteroatoms. The van der Waals surface area contributed by atoms with Crippen molar-refractivity contribution < 1.29 is 9.53 Å². The summed E-state index contributed by atoms with van der Waals surface area (Å²) in [7, 11) is 0. The molecule has 4 heterocycles. The molecule has 3 aromatic heterocycles. The SMILES string of the molecule is CCOc1ncnc2c1c(/C=C/C(=O)N1CCc3sccc3C1)c(-c1ccccc1)n2CC. The molecule has 0 bridgehead atoms. The highest BCUT2D eigenvalue weighted by Crippen LogP contribution is 2.38. The Morgan fingerprint density at radius 1 is 1.18 bits per heavy atom. The van der Waals surface area contributed by atoms with Crippen molar-refractivity contribution in [3.63, 3.8) is 0 Å². The van der Waals surface area contributed by atoms with Crippen LogP contribution in [-0.4, -0.2) is 38.5 Å². The summed E-state index contributed by atoms with van der Waals surface area (Å²) < 4.78 is 8.03. The van der Waals surface area contributed by atoms with Gasteiger partial charge in [-0.2, -0.15) is 0 Å². The van der Waals surface area contributed by atoms with Crippen molar-refractivity contribution in [2.45, 2.75) is 33.4 Å². The van der Waals surface area contributed by atoms with Crippen molar-refractivity contribution >= 4 is 34.4 Å². The van der Waals surface area contributed by atoms with Crippen LogP contribution in [0.25, 0.3) is 28.4 Å². The van der Waals surface area contributed by atoms with E-state index in [-0.39, 0.29) is 5.91 Å². The van der Waals surface area contributed by atoms with Gasteiger partial charge in [-0.3, -0.25) is 4.79 Å². The summed E-state index contributed by atoms with van der Waals surface area (Å²) in [5.41, 5.74) is 5.05. The lowest BCUT2D eigenvalue weighted by molar-refractivity contribution is -0.126. The second-order valence-corrected chi connectivity index (χ2v) is 8.90. The van der Waals surface area contributed by atoms with Crippen molar-refractivity contribution in [1.82, 2.24) is 19.4 Å². The number of aromatic nitrogens is 3. The molecule has 1 aliphatic heterocycles. The number of aryl methyl sites for hydroxylation is 1. The number of hydrogen-bond donors (Lipinski definition) is 0. The first-order valence-corrected chi connectivity index (χ1v) is 12.2. The minimum Gasteiger partial charge on any atom is -0.477 e. The van der Waals surface area contributed by atoms with Gasteiger partial charge in [0.1, 0.15) is 12.0 Å². The molecule has 33 heavy (non-hydrogen) atoms. The van der Waals surface area contributed by atoms with E-state index in [0.29, 0.717) is 19.0 Å². The predicted molar refractivity (Wildman–Crippen MR) is 132 cm³/mol. The molecule has 0 spiro atoms. The van der Waals surface area contributed by atoms with E-state index in [1.165, 1.54) is 10.4 Å². The van der Waals surface area contributed by atoms with Crippen LogP contribution in [-0.2, 0) is 24.3 Å². The first kappa shape index (κ1) is 21.4. The number of nitrogens with zero attached hydrogens (tertiary/aromatic N) is 4. The van der Waals surface area contributed by atoms with E-state index < -0.39 is 0 Å². The molecule has 0 radical (unpaired) electrons. The molecule has 0 fully saturated rings. The van der Waals surface area contributed by atoms with Gasteiger partial charge < -0.3 is 14.2 Å². The fraction of sp³-hybridized carbons (Fsp3) is 0.269. The number of fused-ring (bicyclic) bond motifs is 2. The van der Waals surface area contributed by atoms with Crippen LogP contribution in [0.3, 0.4) is 0 Å². The number of benzene rings is 1. The maximum absolute atomic E-state index is 13.1. The van der Waals surface area contributed by atoms with Crippen molar-refractivity contribution in [2.24, 2.45) is 0 Å². The minimum atomic E-state index is 0.0121.